The van der Waals surface area contributed by atoms with Crippen LogP contribution >= 0.6 is 11.5 Å². The van der Waals surface area contributed by atoms with E-state index in [0.29, 0.717) is 39.0 Å². The van der Waals surface area contributed by atoms with Gasteiger partial charge in [0.05, 0.1) is 32.3 Å². The van der Waals surface area contributed by atoms with Gasteiger partial charge < -0.3 is 23.6 Å². The van der Waals surface area contributed by atoms with Gasteiger partial charge in [0.2, 0.25) is 5.13 Å². The van der Waals surface area contributed by atoms with Gasteiger partial charge in [0, 0.05) is 35.8 Å². The minimum Gasteiger partial charge on any atom is -0.588 e. The smallest absolute Gasteiger partial charge is 0.420 e. The molecule has 0 radical (unpaired) electrons. The second-order valence-electron chi connectivity index (χ2n) is 9.00. The lowest BCUT2D eigenvalue weighted by molar-refractivity contribution is 0.266. The number of ether oxygens (including phenoxy) is 2. The van der Waals surface area contributed by atoms with Gasteiger partial charge in [0.15, 0.2) is 10.5 Å². The molecule has 0 amide bonds. The van der Waals surface area contributed by atoms with Crippen molar-refractivity contribution in [2.45, 2.75) is 30.8 Å². The average Bonchev–Trinajstić information content (AvgIpc) is 3.61. The lowest BCUT2D eigenvalue weighted by Gasteiger charge is -2.24. The van der Waals surface area contributed by atoms with Gasteiger partial charge >= 0.3 is 5.76 Å². The van der Waals surface area contributed by atoms with Crippen LogP contribution in [0.25, 0.3) is 11.1 Å². The van der Waals surface area contributed by atoms with E-state index >= 15 is 0 Å². The monoisotopic (exact) mass is 580 g/mol. The number of methoxy groups -OCH3 is 2. The number of aliphatic hydroxyl groups is 1. The fourth-order valence-electron chi connectivity index (χ4n) is 4.60. The summed E-state index contributed by atoms with van der Waals surface area (Å²) in [5, 5.41) is 10.2. The van der Waals surface area contributed by atoms with Crippen molar-refractivity contribution >= 4 is 39.1 Å². The van der Waals surface area contributed by atoms with E-state index in [0.717, 1.165) is 28.2 Å². The van der Waals surface area contributed by atoms with Crippen LogP contribution in [0.5, 0.6) is 11.5 Å². The van der Waals surface area contributed by atoms with Crippen LogP contribution in [-0.4, -0.2) is 44.4 Å². The van der Waals surface area contributed by atoms with Gasteiger partial charge in [0.1, 0.15) is 29.2 Å². The predicted molar refractivity (Wildman–Crippen MR) is 154 cm³/mol. The van der Waals surface area contributed by atoms with Crippen LogP contribution in [0.15, 0.2) is 81.1 Å². The Bertz CT molecular complexity index is 1650. The van der Waals surface area contributed by atoms with E-state index < -0.39 is 23.2 Å². The molecular weight excluding hydrogens is 552 g/mol. The predicted octanol–water partition coefficient (Wildman–Crippen LogP) is 4.47. The fraction of sp³-hybridized carbons (Fsp3) is 0.250. The Kier molecular flexibility index (Phi) is 8.40. The van der Waals surface area contributed by atoms with Crippen molar-refractivity contribution in [3.8, 4) is 11.5 Å². The molecule has 5 aromatic rings. The van der Waals surface area contributed by atoms with Crippen molar-refractivity contribution in [2.75, 3.05) is 25.1 Å². The van der Waals surface area contributed by atoms with Crippen molar-refractivity contribution in [2.24, 2.45) is 0 Å². The average molecular weight is 581 g/mol. The van der Waals surface area contributed by atoms with Crippen molar-refractivity contribution in [3.63, 3.8) is 0 Å². The van der Waals surface area contributed by atoms with Crippen molar-refractivity contribution < 1.29 is 23.6 Å². The van der Waals surface area contributed by atoms with Crippen LogP contribution in [0, 0.1) is 6.92 Å². The van der Waals surface area contributed by atoms with E-state index in [1.807, 2.05) is 37.3 Å². The molecule has 2 aromatic heterocycles. The van der Waals surface area contributed by atoms with Gasteiger partial charge in [0.25, 0.3) is 0 Å². The Morgan fingerprint density at radius 3 is 2.70 bits per heavy atom. The highest BCUT2D eigenvalue weighted by molar-refractivity contribution is 7.93. The Balaban J connectivity index is 1.52. The van der Waals surface area contributed by atoms with Crippen molar-refractivity contribution in [1.82, 2.24) is 13.9 Å². The summed E-state index contributed by atoms with van der Waals surface area (Å²) in [5.74, 6) is 0.664. The van der Waals surface area contributed by atoms with Crippen LogP contribution < -0.4 is 19.5 Å². The van der Waals surface area contributed by atoms with E-state index in [1.54, 1.807) is 48.9 Å². The number of nitrogens with zero attached hydrogens (tertiary/aromatic N) is 4. The van der Waals surface area contributed by atoms with Crippen LogP contribution in [-0.2, 0) is 17.9 Å². The number of benzene rings is 3. The second kappa shape index (κ2) is 12.1. The zero-order chi connectivity index (χ0) is 28.2. The van der Waals surface area contributed by atoms with Crippen LogP contribution in [0.2, 0.25) is 0 Å². The lowest BCUT2D eigenvalue weighted by Crippen LogP contribution is -2.30. The summed E-state index contributed by atoms with van der Waals surface area (Å²) in [5.41, 5.74) is 3.55. The van der Waals surface area contributed by atoms with Gasteiger partial charge in [-0.2, -0.15) is 8.68 Å². The number of aromatic nitrogens is 3. The molecule has 2 atom stereocenters. The molecule has 2 heterocycles. The molecule has 40 heavy (non-hydrogen) atoms. The molecule has 0 fully saturated rings. The van der Waals surface area contributed by atoms with Crippen LogP contribution in [0.1, 0.15) is 29.2 Å². The number of aryl methyl sites for hydroxylation is 1. The maximum Gasteiger partial charge on any atom is 0.420 e. The summed E-state index contributed by atoms with van der Waals surface area (Å²) in [6.07, 6.45) is 1.74. The number of aliphatic hydroxyl groups excluding tert-OH is 1. The molecule has 3 aromatic carbocycles. The highest BCUT2D eigenvalue weighted by atomic mass is 32.2. The molecule has 12 heteroatoms. The first kappa shape index (κ1) is 27.7. The fourth-order valence-corrected chi connectivity index (χ4v) is 6.44. The highest BCUT2D eigenvalue weighted by Crippen LogP contribution is 2.33. The third kappa shape index (κ3) is 5.56. The quantitative estimate of drug-likeness (QED) is 0.225. The second-order valence-corrected chi connectivity index (χ2v) is 11.2. The molecule has 208 valence electrons. The summed E-state index contributed by atoms with van der Waals surface area (Å²) in [4.78, 5) is 17.8. The Morgan fingerprint density at radius 1 is 1.15 bits per heavy atom. The first-order valence-electron chi connectivity index (χ1n) is 12.4. The highest BCUT2D eigenvalue weighted by Gasteiger charge is 2.29. The Morgan fingerprint density at radius 2 is 2.00 bits per heavy atom. The standard InChI is InChI=1S/C28H28N4O6S2/c1-18-5-4-6-19(13-18)23(11-12-33)32-24-10-9-22(15-26(24)38-28(32)34)40(35)31(27-29-17-30-39-27)16-20-7-8-21(36-2)14-25(20)37-3/h4-10,13-15,17,23,33H,11-12,16H2,1-3H3/t23-,40+/m1/s1. The maximum atomic E-state index is 14.0. The summed E-state index contributed by atoms with van der Waals surface area (Å²) in [6.45, 7) is 2.08. The summed E-state index contributed by atoms with van der Waals surface area (Å²) < 4.78 is 37.7. The van der Waals surface area contributed by atoms with E-state index in [1.165, 1.54) is 10.9 Å². The number of hydrogen-bond donors (Lipinski definition) is 1. The van der Waals surface area contributed by atoms with E-state index in [9.17, 15) is 14.5 Å². The van der Waals surface area contributed by atoms with Gasteiger partial charge in [-0.3, -0.25) is 4.57 Å². The normalized spacial score (nSPS) is 12.8. The van der Waals surface area contributed by atoms with Crippen molar-refractivity contribution in [3.05, 3.63) is 94.2 Å². The Hall–Kier alpha value is -3.84. The minimum absolute atomic E-state index is 0.106. The van der Waals surface area contributed by atoms with Crippen molar-refractivity contribution in [1.29, 1.82) is 0 Å². The van der Waals surface area contributed by atoms with E-state index in [2.05, 4.69) is 9.36 Å². The minimum atomic E-state index is -1.73. The number of rotatable bonds is 11. The zero-order valence-electron chi connectivity index (χ0n) is 22.1. The molecule has 0 saturated heterocycles. The summed E-state index contributed by atoms with van der Waals surface area (Å²) in [7, 11) is 3.14. The van der Waals surface area contributed by atoms with Crippen LogP contribution in [0.3, 0.4) is 0 Å². The summed E-state index contributed by atoms with van der Waals surface area (Å²) >= 11 is -0.614. The maximum absolute atomic E-state index is 14.0. The summed E-state index contributed by atoms with van der Waals surface area (Å²) in [6, 6.07) is 17.8. The number of hydrogen-bond acceptors (Lipinski definition) is 10. The molecule has 10 nitrogen and oxygen atoms in total. The number of fused-ring (bicyclic) bond motifs is 1. The topological polar surface area (TPSA) is 126 Å². The van der Waals surface area contributed by atoms with Gasteiger partial charge in [-0.15, -0.1) is 0 Å². The number of oxazole rings is 1. The largest absolute Gasteiger partial charge is 0.588 e. The number of anilines is 1. The van der Waals surface area contributed by atoms with E-state index in [4.69, 9.17) is 13.9 Å². The third-order valence-electron chi connectivity index (χ3n) is 6.50. The molecule has 0 aliphatic heterocycles. The van der Waals surface area contributed by atoms with Gasteiger partial charge in [-0.05, 0) is 43.2 Å². The van der Waals surface area contributed by atoms with Gasteiger partial charge in [-0.1, -0.05) is 29.8 Å². The van der Waals surface area contributed by atoms with E-state index in [-0.39, 0.29) is 13.2 Å². The molecule has 0 aliphatic rings. The molecule has 0 saturated carbocycles. The molecular formula is C28H28N4O6S2. The third-order valence-corrected chi connectivity index (χ3v) is 8.66. The first-order valence-corrected chi connectivity index (χ1v) is 14.3. The molecule has 1 N–H and O–H groups in total. The molecule has 5 rings (SSSR count). The molecule has 0 bridgehead atoms. The lowest BCUT2D eigenvalue weighted by atomic mass is 10.0. The zero-order valence-corrected chi connectivity index (χ0v) is 23.8. The molecule has 0 spiro atoms. The molecule has 0 aliphatic carbocycles. The Labute approximate surface area is 237 Å². The van der Waals surface area contributed by atoms with Gasteiger partial charge in [-0.25, -0.2) is 9.78 Å². The van der Waals surface area contributed by atoms with Crippen LogP contribution in [0.4, 0.5) is 5.13 Å². The molecule has 0 unspecified atom stereocenters. The first-order chi connectivity index (χ1) is 19.4. The SMILES string of the molecule is COc1ccc(CN(c2ncns2)[S@@+]([O-])c2ccc3c(c2)oc(=O)n3[C@H](CCO)c2cccc(C)c2)c(OC)c1.